The monoisotopic (exact) mass is 351 g/mol. The number of esters is 1. The summed E-state index contributed by atoms with van der Waals surface area (Å²) in [4.78, 5) is 25.9. The van der Waals surface area contributed by atoms with Crippen LogP contribution in [0.25, 0.3) is 0 Å². The van der Waals surface area contributed by atoms with E-state index < -0.39 is 0 Å². The Balaban J connectivity index is 2.13. The molecule has 0 aromatic carbocycles. The Morgan fingerprint density at radius 3 is 2.62 bits per heavy atom. The van der Waals surface area contributed by atoms with Gasteiger partial charge in [0.25, 0.3) is 0 Å². The zero-order valence-electron chi connectivity index (χ0n) is 14.9. The smallest absolute Gasteiger partial charge is 0.341 e. The average molecular weight is 352 g/mol. The van der Waals surface area contributed by atoms with Gasteiger partial charge in [0, 0.05) is 11.3 Å². The van der Waals surface area contributed by atoms with E-state index in [1.807, 2.05) is 6.92 Å². The van der Waals surface area contributed by atoms with Crippen LogP contribution in [0.4, 0.5) is 5.00 Å². The molecule has 134 valence electrons. The van der Waals surface area contributed by atoms with Crippen molar-refractivity contribution in [2.75, 3.05) is 11.9 Å². The summed E-state index contributed by atoms with van der Waals surface area (Å²) in [6.45, 7) is 4.33. The van der Waals surface area contributed by atoms with Crippen molar-refractivity contribution in [2.24, 2.45) is 0 Å². The van der Waals surface area contributed by atoms with Crippen LogP contribution in [-0.4, -0.2) is 18.5 Å². The molecule has 5 heteroatoms. The molecule has 0 atom stereocenters. The van der Waals surface area contributed by atoms with Gasteiger partial charge in [0.15, 0.2) is 0 Å². The first kappa shape index (κ1) is 19.0. The first-order valence-electron chi connectivity index (χ1n) is 9.28. The van der Waals surface area contributed by atoms with Crippen molar-refractivity contribution in [2.45, 2.75) is 78.1 Å². The molecule has 1 amide bonds. The SMILES string of the molecule is CCCCCCC(=O)Nc1sc2c(c1C(=O)OCC)CCCCC2. The van der Waals surface area contributed by atoms with E-state index in [1.165, 1.54) is 11.3 Å². The molecule has 0 fully saturated rings. The van der Waals surface area contributed by atoms with Gasteiger partial charge >= 0.3 is 5.97 Å². The van der Waals surface area contributed by atoms with Gasteiger partial charge < -0.3 is 10.1 Å². The minimum atomic E-state index is -0.293. The van der Waals surface area contributed by atoms with Gasteiger partial charge in [-0.1, -0.05) is 32.6 Å². The number of nitrogens with one attached hydrogen (secondary N) is 1. The number of amides is 1. The average Bonchev–Trinajstić information content (AvgIpc) is 2.73. The lowest BCUT2D eigenvalue weighted by Crippen LogP contribution is -2.15. The highest BCUT2D eigenvalue weighted by Crippen LogP contribution is 2.38. The van der Waals surface area contributed by atoms with Crippen molar-refractivity contribution < 1.29 is 14.3 Å². The predicted molar refractivity (Wildman–Crippen MR) is 98.9 cm³/mol. The van der Waals surface area contributed by atoms with Crippen molar-refractivity contribution >= 4 is 28.2 Å². The highest BCUT2D eigenvalue weighted by molar-refractivity contribution is 7.17. The van der Waals surface area contributed by atoms with Crippen LogP contribution in [0, 0.1) is 0 Å². The fraction of sp³-hybridized carbons (Fsp3) is 0.684. The molecular weight excluding hydrogens is 322 g/mol. The molecule has 1 heterocycles. The van der Waals surface area contributed by atoms with E-state index in [2.05, 4.69) is 12.2 Å². The molecular formula is C19H29NO3S. The number of thiophene rings is 1. The zero-order chi connectivity index (χ0) is 17.4. The maximum atomic E-state index is 12.4. The minimum absolute atomic E-state index is 0.00746. The third kappa shape index (κ3) is 5.07. The number of hydrogen-bond donors (Lipinski definition) is 1. The van der Waals surface area contributed by atoms with Gasteiger partial charge in [-0.05, 0) is 44.6 Å². The molecule has 0 bridgehead atoms. The van der Waals surface area contributed by atoms with E-state index in [9.17, 15) is 9.59 Å². The fourth-order valence-corrected chi connectivity index (χ4v) is 4.44. The summed E-state index contributed by atoms with van der Waals surface area (Å²) in [5.41, 5.74) is 1.72. The van der Waals surface area contributed by atoms with Crippen LogP contribution in [-0.2, 0) is 22.4 Å². The summed E-state index contributed by atoms with van der Waals surface area (Å²) in [5, 5.41) is 3.68. The van der Waals surface area contributed by atoms with Crippen molar-refractivity contribution in [3.63, 3.8) is 0 Å². The highest BCUT2D eigenvalue weighted by Gasteiger charge is 2.26. The number of aryl methyl sites for hydroxylation is 1. The Morgan fingerprint density at radius 2 is 1.88 bits per heavy atom. The second-order valence-electron chi connectivity index (χ2n) is 6.35. The Hall–Kier alpha value is -1.36. The van der Waals surface area contributed by atoms with Crippen molar-refractivity contribution in [3.8, 4) is 0 Å². The third-order valence-corrected chi connectivity index (χ3v) is 5.62. The van der Waals surface area contributed by atoms with E-state index in [0.29, 0.717) is 23.6 Å². The summed E-state index contributed by atoms with van der Waals surface area (Å²) in [7, 11) is 0. The summed E-state index contributed by atoms with van der Waals surface area (Å²) in [6.07, 6.45) is 10.2. The number of fused-ring (bicyclic) bond motifs is 1. The Morgan fingerprint density at radius 1 is 1.08 bits per heavy atom. The van der Waals surface area contributed by atoms with E-state index in [4.69, 9.17) is 4.74 Å². The maximum Gasteiger partial charge on any atom is 0.341 e. The van der Waals surface area contributed by atoms with Crippen LogP contribution >= 0.6 is 11.3 Å². The van der Waals surface area contributed by atoms with Gasteiger partial charge in [-0.25, -0.2) is 4.79 Å². The molecule has 24 heavy (non-hydrogen) atoms. The van der Waals surface area contributed by atoms with Crippen LogP contribution in [0.5, 0.6) is 0 Å². The molecule has 0 unspecified atom stereocenters. The van der Waals surface area contributed by atoms with Gasteiger partial charge in [-0.2, -0.15) is 0 Å². The second kappa shape index (κ2) is 9.82. The highest BCUT2D eigenvalue weighted by atomic mass is 32.1. The summed E-state index contributed by atoms with van der Waals surface area (Å²) in [6, 6.07) is 0. The third-order valence-electron chi connectivity index (χ3n) is 4.41. The largest absolute Gasteiger partial charge is 0.462 e. The van der Waals surface area contributed by atoms with E-state index in [0.717, 1.165) is 56.9 Å². The molecule has 0 saturated heterocycles. The molecule has 1 aromatic heterocycles. The lowest BCUT2D eigenvalue weighted by molar-refractivity contribution is -0.116. The fourth-order valence-electron chi connectivity index (χ4n) is 3.15. The van der Waals surface area contributed by atoms with Crippen molar-refractivity contribution in [1.82, 2.24) is 0 Å². The van der Waals surface area contributed by atoms with Crippen LogP contribution in [0.1, 0.15) is 86.0 Å². The molecule has 0 spiro atoms. The first-order chi connectivity index (χ1) is 11.7. The number of carbonyl (C=O) groups excluding carboxylic acids is 2. The summed E-state index contributed by atoms with van der Waals surface area (Å²) < 4.78 is 5.24. The number of anilines is 1. The Labute approximate surface area is 149 Å². The maximum absolute atomic E-state index is 12.4. The molecule has 1 aromatic rings. The van der Waals surface area contributed by atoms with E-state index in [-0.39, 0.29) is 11.9 Å². The topological polar surface area (TPSA) is 55.4 Å². The van der Waals surface area contributed by atoms with E-state index in [1.54, 1.807) is 11.3 Å². The number of unbranched alkanes of at least 4 members (excludes halogenated alkanes) is 3. The lowest BCUT2D eigenvalue weighted by Gasteiger charge is -2.08. The van der Waals surface area contributed by atoms with Crippen LogP contribution in [0.15, 0.2) is 0 Å². The van der Waals surface area contributed by atoms with Gasteiger partial charge in [-0.15, -0.1) is 11.3 Å². The van der Waals surface area contributed by atoms with Crippen molar-refractivity contribution in [3.05, 3.63) is 16.0 Å². The molecule has 1 aliphatic carbocycles. The molecule has 2 rings (SSSR count). The van der Waals surface area contributed by atoms with Crippen LogP contribution < -0.4 is 5.32 Å². The number of hydrogen-bond acceptors (Lipinski definition) is 4. The first-order valence-corrected chi connectivity index (χ1v) is 10.1. The van der Waals surface area contributed by atoms with E-state index >= 15 is 0 Å². The minimum Gasteiger partial charge on any atom is -0.462 e. The van der Waals surface area contributed by atoms with Gasteiger partial charge in [0.1, 0.15) is 5.00 Å². The number of rotatable bonds is 8. The van der Waals surface area contributed by atoms with Crippen LogP contribution in [0.2, 0.25) is 0 Å². The Kier molecular flexibility index (Phi) is 7.76. The summed E-state index contributed by atoms with van der Waals surface area (Å²) >= 11 is 1.57. The van der Waals surface area contributed by atoms with Gasteiger partial charge in [0.2, 0.25) is 5.91 Å². The number of ether oxygens (including phenoxy) is 1. The molecule has 1 N–H and O–H groups in total. The standard InChI is InChI=1S/C19H29NO3S/c1-3-5-6-10-13-16(21)20-18-17(19(22)23-4-2)14-11-8-7-9-12-15(14)24-18/h3-13H2,1-2H3,(H,20,21). The zero-order valence-corrected chi connectivity index (χ0v) is 15.7. The molecule has 1 aliphatic rings. The molecule has 4 nitrogen and oxygen atoms in total. The summed E-state index contributed by atoms with van der Waals surface area (Å²) in [5.74, 6) is -0.286. The normalized spacial score (nSPS) is 13.9. The van der Waals surface area contributed by atoms with Gasteiger partial charge in [-0.3, -0.25) is 4.79 Å². The predicted octanol–water partition coefficient (Wildman–Crippen LogP) is 5.10. The number of carbonyl (C=O) groups is 2. The second-order valence-corrected chi connectivity index (χ2v) is 7.45. The molecule has 0 aliphatic heterocycles. The quantitative estimate of drug-likeness (QED) is 0.402. The van der Waals surface area contributed by atoms with Gasteiger partial charge in [0.05, 0.1) is 12.2 Å². The lowest BCUT2D eigenvalue weighted by atomic mass is 10.1. The molecule has 0 saturated carbocycles. The van der Waals surface area contributed by atoms with Crippen LogP contribution in [0.3, 0.4) is 0 Å². The Bertz CT molecular complexity index is 565. The molecule has 0 radical (unpaired) electrons. The van der Waals surface area contributed by atoms with Crippen molar-refractivity contribution in [1.29, 1.82) is 0 Å².